The van der Waals surface area contributed by atoms with Crippen LogP contribution in [0.15, 0.2) is 72.8 Å². The molecule has 0 aromatic heterocycles. The Balaban J connectivity index is 2.13. The third kappa shape index (κ3) is 9.72. The van der Waals surface area contributed by atoms with Crippen molar-refractivity contribution in [3.63, 3.8) is 0 Å². The van der Waals surface area contributed by atoms with Gasteiger partial charge in [0.15, 0.2) is 0 Å². The lowest BCUT2D eigenvalue weighted by atomic mass is 10.0. The molecule has 0 aliphatic rings. The first-order chi connectivity index (χ1) is 19.8. The monoisotopic (exact) mass is 637 g/mol. The van der Waals surface area contributed by atoms with Crippen LogP contribution >= 0.6 is 11.6 Å². The standard InChI is InChI=1S/C31H35ClF3N3O4S/c1-21-11-13-23(14-12-21)19-37(27(29(40)36-30(2,3)4)17-22-9-7-6-8-10-22)28(39)20-38(43(5,41)42)26-18-24(31(33,34)35)15-16-25(26)32/h6-16,18,27H,17,19-20H2,1-5H3,(H,36,40)/t27-/m1/s1. The van der Waals surface area contributed by atoms with Crippen molar-refractivity contribution in [3.8, 4) is 0 Å². The van der Waals surface area contributed by atoms with E-state index in [1.54, 1.807) is 57.2 Å². The fourth-order valence-corrected chi connectivity index (χ4v) is 5.49. The number of nitrogens with one attached hydrogen (secondary N) is 1. The predicted octanol–water partition coefficient (Wildman–Crippen LogP) is 5.99. The van der Waals surface area contributed by atoms with Gasteiger partial charge in [0.25, 0.3) is 0 Å². The van der Waals surface area contributed by atoms with Crippen LogP contribution in [0, 0.1) is 6.92 Å². The van der Waals surface area contributed by atoms with E-state index in [1.165, 1.54) is 4.90 Å². The highest BCUT2D eigenvalue weighted by Gasteiger charge is 2.36. The Labute approximate surface area is 255 Å². The molecule has 0 bridgehead atoms. The average Bonchev–Trinajstić information content (AvgIpc) is 2.89. The van der Waals surface area contributed by atoms with E-state index in [1.807, 2.05) is 25.1 Å². The van der Waals surface area contributed by atoms with Crippen LogP contribution in [0.25, 0.3) is 0 Å². The van der Waals surface area contributed by atoms with Crippen molar-refractivity contribution in [2.45, 2.75) is 58.4 Å². The lowest BCUT2D eigenvalue weighted by Gasteiger charge is -2.35. The number of halogens is 4. The highest BCUT2D eigenvalue weighted by Crippen LogP contribution is 2.36. The van der Waals surface area contributed by atoms with Gasteiger partial charge in [-0.05, 0) is 57.0 Å². The van der Waals surface area contributed by atoms with Crippen molar-refractivity contribution in [1.29, 1.82) is 0 Å². The first-order valence-electron chi connectivity index (χ1n) is 13.4. The van der Waals surface area contributed by atoms with Crippen LogP contribution in [0.3, 0.4) is 0 Å². The molecular formula is C31H35ClF3N3O4S. The van der Waals surface area contributed by atoms with Gasteiger partial charge in [0.05, 0.1) is 22.5 Å². The minimum absolute atomic E-state index is 0.0674. The van der Waals surface area contributed by atoms with Gasteiger partial charge in [0.2, 0.25) is 21.8 Å². The van der Waals surface area contributed by atoms with Gasteiger partial charge in [-0.25, -0.2) is 8.42 Å². The minimum atomic E-state index is -4.78. The SMILES string of the molecule is Cc1ccc(CN(C(=O)CN(c2cc(C(F)(F)F)ccc2Cl)S(C)(=O)=O)[C@H](Cc2ccccc2)C(=O)NC(C)(C)C)cc1. The summed E-state index contributed by atoms with van der Waals surface area (Å²) < 4.78 is 67.0. The Morgan fingerprint density at radius 1 is 0.930 bits per heavy atom. The summed E-state index contributed by atoms with van der Waals surface area (Å²) in [6.45, 7) is 6.30. The van der Waals surface area contributed by atoms with Gasteiger partial charge >= 0.3 is 6.18 Å². The average molecular weight is 638 g/mol. The summed E-state index contributed by atoms with van der Waals surface area (Å²) in [7, 11) is -4.31. The summed E-state index contributed by atoms with van der Waals surface area (Å²) in [5, 5.41) is 2.62. The third-order valence-corrected chi connectivity index (χ3v) is 7.91. The number of sulfonamides is 1. The van der Waals surface area contributed by atoms with E-state index in [2.05, 4.69) is 5.32 Å². The van der Waals surface area contributed by atoms with Crippen LogP contribution in [-0.4, -0.2) is 49.5 Å². The number of amides is 2. The van der Waals surface area contributed by atoms with Gasteiger partial charge in [-0.1, -0.05) is 71.8 Å². The number of hydrogen-bond donors (Lipinski definition) is 1. The molecule has 0 aliphatic heterocycles. The Kier molecular flexibility index (Phi) is 10.6. The molecule has 1 N–H and O–H groups in total. The Morgan fingerprint density at radius 2 is 1.53 bits per heavy atom. The number of nitrogens with zero attached hydrogens (tertiary/aromatic N) is 2. The summed E-state index contributed by atoms with van der Waals surface area (Å²) in [5.74, 6) is -1.27. The number of aryl methyl sites for hydroxylation is 1. The fourth-order valence-electron chi connectivity index (χ4n) is 4.37. The van der Waals surface area contributed by atoms with Crippen LogP contribution in [-0.2, 0) is 38.8 Å². The first kappa shape index (κ1) is 33.9. The molecular weight excluding hydrogens is 603 g/mol. The highest BCUT2D eigenvalue weighted by atomic mass is 35.5. The fraction of sp³-hybridized carbons (Fsp3) is 0.355. The van der Waals surface area contributed by atoms with E-state index >= 15 is 0 Å². The van der Waals surface area contributed by atoms with Gasteiger partial charge in [-0.2, -0.15) is 13.2 Å². The van der Waals surface area contributed by atoms with Crippen LogP contribution in [0.1, 0.15) is 43.0 Å². The number of benzene rings is 3. The molecule has 232 valence electrons. The molecule has 7 nitrogen and oxygen atoms in total. The lowest BCUT2D eigenvalue weighted by molar-refractivity contribution is -0.140. The molecule has 0 spiro atoms. The number of rotatable bonds is 10. The summed E-state index contributed by atoms with van der Waals surface area (Å²) >= 11 is 6.19. The Bertz CT molecular complexity index is 1540. The lowest BCUT2D eigenvalue weighted by Crippen LogP contribution is -2.56. The number of carbonyl (C=O) groups is 2. The van der Waals surface area contributed by atoms with Crippen molar-refractivity contribution in [2.24, 2.45) is 0 Å². The zero-order valence-corrected chi connectivity index (χ0v) is 26.1. The maximum atomic E-state index is 14.1. The van der Waals surface area contributed by atoms with Crippen molar-refractivity contribution in [3.05, 3.63) is 100 Å². The molecule has 0 radical (unpaired) electrons. The molecule has 0 aliphatic carbocycles. The van der Waals surface area contributed by atoms with Crippen molar-refractivity contribution >= 4 is 39.1 Å². The van der Waals surface area contributed by atoms with E-state index in [0.29, 0.717) is 15.9 Å². The topological polar surface area (TPSA) is 86.8 Å². The molecule has 0 heterocycles. The number of alkyl halides is 3. The Morgan fingerprint density at radius 3 is 2.07 bits per heavy atom. The normalized spacial score (nSPS) is 12.9. The summed E-state index contributed by atoms with van der Waals surface area (Å²) in [6, 6.07) is 17.4. The Hall–Kier alpha value is -3.57. The van der Waals surface area contributed by atoms with Gasteiger partial charge in [0, 0.05) is 18.5 Å². The number of hydrogen-bond acceptors (Lipinski definition) is 4. The first-order valence-corrected chi connectivity index (χ1v) is 15.6. The third-order valence-electron chi connectivity index (χ3n) is 6.46. The molecule has 43 heavy (non-hydrogen) atoms. The summed E-state index contributed by atoms with van der Waals surface area (Å²) in [4.78, 5) is 29.1. The molecule has 3 rings (SSSR count). The second-order valence-corrected chi connectivity index (χ2v) is 13.7. The van der Waals surface area contributed by atoms with Crippen LogP contribution in [0.4, 0.5) is 18.9 Å². The highest BCUT2D eigenvalue weighted by molar-refractivity contribution is 7.92. The molecule has 12 heteroatoms. The van der Waals surface area contributed by atoms with Crippen molar-refractivity contribution in [2.75, 3.05) is 17.1 Å². The molecule has 2 amide bonds. The molecule has 1 atom stereocenters. The van der Waals surface area contributed by atoms with E-state index in [4.69, 9.17) is 11.6 Å². The van der Waals surface area contributed by atoms with Gasteiger partial charge in [-0.3, -0.25) is 13.9 Å². The molecule has 3 aromatic rings. The van der Waals surface area contributed by atoms with E-state index in [9.17, 15) is 31.2 Å². The smallest absolute Gasteiger partial charge is 0.350 e. The maximum Gasteiger partial charge on any atom is 0.416 e. The van der Waals surface area contributed by atoms with E-state index in [-0.39, 0.29) is 18.0 Å². The molecule has 0 fully saturated rings. The maximum absolute atomic E-state index is 14.1. The molecule has 0 saturated heterocycles. The zero-order valence-electron chi connectivity index (χ0n) is 24.6. The van der Waals surface area contributed by atoms with Crippen LogP contribution in [0.5, 0.6) is 0 Å². The van der Waals surface area contributed by atoms with Crippen LogP contribution < -0.4 is 9.62 Å². The summed E-state index contributed by atoms with van der Waals surface area (Å²) in [6.07, 6.45) is -3.91. The molecule has 0 saturated carbocycles. The second kappa shape index (κ2) is 13.4. The van der Waals surface area contributed by atoms with Crippen LogP contribution in [0.2, 0.25) is 5.02 Å². The van der Waals surface area contributed by atoms with Crippen molar-refractivity contribution in [1.82, 2.24) is 10.2 Å². The van der Waals surface area contributed by atoms with Gasteiger partial charge in [0.1, 0.15) is 12.6 Å². The largest absolute Gasteiger partial charge is 0.416 e. The van der Waals surface area contributed by atoms with Crippen molar-refractivity contribution < 1.29 is 31.2 Å². The van der Waals surface area contributed by atoms with E-state index in [0.717, 1.165) is 29.5 Å². The number of anilines is 1. The minimum Gasteiger partial charge on any atom is -0.350 e. The molecule has 3 aromatic carbocycles. The van der Waals surface area contributed by atoms with Gasteiger partial charge in [-0.15, -0.1) is 0 Å². The summed E-state index contributed by atoms with van der Waals surface area (Å²) in [5.41, 5.74) is 0.102. The van der Waals surface area contributed by atoms with E-state index < -0.39 is 57.4 Å². The second-order valence-electron chi connectivity index (χ2n) is 11.4. The predicted molar refractivity (Wildman–Crippen MR) is 162 cm³/mol. The quantitative estimate of drug-likeness (QED) is 0.296. The number of carbonyl (C=O) groups excluding carboxylic acids is 2. The molecule has 0 unspecified atom stereocenters. The zero-order chi connectivity index (χ0) is 32.2. The van der Waals surface area contributed by atoms with Gasteiger partial charge < -0.3 is 10.2 Å².